The molecule has 0 aliphatic heterocycles. The Morgan fingerprint density at radius 2 is 1.75 bits per heavy atom. The standard InChI is InChI=1S/C24H19N5O3/c1-16-25-15-23-29(16)28-24(32-23)21-12-9-18(14-26-21)27-22(30)13-17-7-10-20(11-8-17)31-19-5-3-2-4-6-19/h2-12,14-15H,13H2,1H3,(H,27,30). The maximum atomic E-state index is 12.4. The SMILES string of the molecule is Cc1ncc2oc(-c3ccc(NC(=O)Cc4ccc(Oc5ccccc5)cc4)cn3)nn12. The first-order chi connectivity index (χ1) is 15.6. The summed E-state index contributed by atoms with van der Waals surface area (Å²) < 4.78 is 13.0. The van der Waals surface area contributed by atoms with Crippen molar-refractivity contribution in [2.24, 2.45) is 0 Å². The van der Waals surface area contributed by atoms with Crippen molar-refractivity contribution >= 4 is 17.3 Å². The first kappa shape index (κ1) is 19.5. The van der Waals surface area contributed by atoms with E-state index in [-0.39, 0.29) is 12.3 Å². The summed E-state index contributed by atoms with van der Waals surface area (Å²) in [5.74, 6) is 2.47. The second-order valence-corrected chi connectivity index (χ2v) is 7.18. The lowest BCUT2D eigenvalue weighted by atomic mass is 10.1. The number of amides is 1. The average Bonchev–Trinajstić information content (AvgIpc) is 3.38. The Kier molecular flexibility index (Phi) is 5.09. The fourth-order valence-electron chi connectivity index (χ4n) is 3.21. The zero-order valence-electron chi connectivity index (χ0n) is 17.2. The van der Waals surface area contributed by atoms with Crippen LogP contribution in [0, 0.1) is 6.92 Å². The van der Waals surface area contributed by atoms with Gasteiger partial charge < -0.3 is 14.5 Å². The number of anilines is 1. The summed E-state index contributed by atoms with van der Waals surface area (Å²) in [7, 11) is 0. The third kappa shape index (κ3) is 4.20. The van der Waals surface area contributed by atoms with E-state index in [4.69, 9.17) is 9.15 Å². The Balaban J connectivity index is 1.19. The molecule has 0 saturated carbocycles. The minimum Gasteiger partial charge on any atom is -0.457 e. The van der Waals surface area contributed by atoms with Crippen molar-refractivity contribution in [1.29, 1.82) is 0 Å². The molecule has 0 fully saturated rings. The highest BCUT2D eigenvalue weighted by atomic mass is 16.5. The lowest BCUT2D eigenvalue weighted by molar-refractivity contribution is -0.115. The van der Waals surface area contributed by atoms with Gasteiger partial charge in [-0.05, 0) is 48.9 Å². The molecule has 0 aliphatic rings. The molecule has 32 heavy (non-hydrogen) atoms. The van der Waals surface area contributed by atoms with Crippen LogP contribution in [-0.4, -0.2) is 25.5 Å². The van der Waals surface area contributed by atoms with Gasteiger partial charge >= 0.3 is 0 Å². The van der Waals surface area contributed by atoms with E-state index in [1.54, 1.807) is 29.0 Å². The van der Waals surface area contributed by atoms with E-state index < -0.39 is 0 Å². The topological polar surface area (TPSA) is 94.5 Å². The number of para-hydroxylation sites is 1. The van der Waals surface area contributed by atoms with E-state index in [0.29, 0.717) is 23.0 Å². The molecule has 0 atom stereocenters. The molecule has 0 unspecified atom stereocenters. The zero-order valence-corrected chi connectivity index (χ0v) is 17.2. The number of hydrogen-bond acceptors (Lipinski definition) is 6. The van der Waals surface area contributed by atoms with Gasteiger partial charge in [0, 0.05) is 0 Å². The van der Waals surface area contributed by atoms with Crippen molar-refractivity contribution in [3.05, 3.63) is 90.5 Å². The molecular formula is C24H19N5O3. The summed E-state index contributed by atoms with van der Waals surface area (Å²) in [5.41, 5.74) is 2.60. The minimum atomic E-state index is -0.136. The number of nitrogens with zero attached hydrogens (tertiary/aromatic N) is 4. The number of carbonyl (C=O) groups is 1. The average molecular weight is 425 g/mol. The molecule has 2 aromatic carbocycles. The van der Waals surface area contributed by atoms with E-state index >= 15 is 0 Å². The number of carbonyl (C=O) groups excluding carboxylic acids is 1. The van der Waals surface area contributed by atoms with Gasteiger partial charge in [-0.25, -0.2) is 9.97 Å². The molecule has 0 radical (unpaired) electrons. The highest BCUT2D eigenvalue weighted by Gasteiger charge is 2.12. The monoisotopic (exact) mass is 425 g/mol. The van der Waals surface area contributed by atoms with Crippen molar-refractivity contribution in [2.75, 3.05) is 5.32 Å². The van der Waals surface area contributed by atoms with Gasteiger partial charge in [-0.1, -0.05) is 30.3 Å². The van der Waals surface area contributed by atoms with Crippen molar-refractivity contribution in [3.8, 4) is 23.1 Å². The van der Waals surface area contributed by atoms with Crippen LogP contribution in [0.4, 0.5) is 5.69 Å². The van der Waals surface area contributed by atoms with Gasteiger partial charge in [0.1, 0.15) is 23.0 Å². The summed E-state index contributed by atoms with van der Waals surface area (Å²) in [6.07, 6.45) is 3.43. The molecule has 0 bridgehead atoms. The van der Waals surface area contributed by atoms with Crippen LogP contribution in [0.2, 0.25) is 0 Å². The summed E-state index contributed by atoms with van der Waals surface area (Å²) in [6.45, 7) is 1.84. The first-order valence-corrected chi connectivity index (χ1v) is 10.0. The predicted molar refractivity (Wildman–Crippen MR) is 119 cm³/mol. The fraction of sp³-hybridized carbons (Fsp3) is 0.0833. The Hall–Kier alpha value is -4.46. The van der Waals surface area contributed by atoms with Crippen LogP contribution in [-0.2, 0) is 11.2 Å². The van der Waals surface area contributed by atoms with E-state index in [9.17, 15) is 4.79 Å². The van der Waals surface area contributed by atoms with E-state index in [2.05, 4.69) is 20.4 Å². The van der Waals surface area contributed by atoms with Crippen LogP contribution < -0.4 is 10.1 Å². The number of benzene rings is 2. The quantitative estimate of drug-likeness (QED) is 0.425. The fourth-order valence-corrected chi connectivity index (χ4v) is 3.21. The van der Waals surface area contributed by atoms with Crippen LogP contribution in [0.1, 0.15) is 11.4 Å². The second-order valence-electron chi connectivity index (χ2n) is 7.18. The van der Waals surface area contributed by atoms with E-state index in [1.165, 1.54) is 0 Å². The number of aromatic nitrogens is 4. The molecule has 3 heterocycles. The molecule has 1 amide bonds. The molecule has 1 N–H and O–H groups in total. The Morgan fingerprint density at radius 3 is 2.47 bits per heavy atom. The lowest BCUT2D eigenvalue weighted by Gasteiger charge is -2.08. The Labute approximate surface area is 183 Å². The molecule has 0 aliphatic carbocycles. The number of imidazole rings is 1. The van der Waals surface area contributed by atoms with Crippen molar-refractivity contribution < 1.29 is 13.9 Å². The normalized spacial score (nSPS) is 10.9. The molecular weight excluding hydrogens is 406 g/mol. The smallest absolute Gasteiger partial charge is 0.264 e. The maximum absolute atomic E-state index is 12.4. The van der Waals surface area contributed by atoms with Gasteiger partial charge in [-0.3, -0.25) is 4.79 Å². The van der Waals surface area contributed by atoms with Gasteiger partial charge in [0.2, 0.25) is 11.6 Å². The lowest BCUT2D eigenvalue weighted by Crippen LogP contribution is -2.14. The summed E-state index contributed by atoms with van der Waals surface area (Å²) in [5, 5.41) is 7.21. The van der Waals surface area contributed by atoms with E-state index in [1.807, 2.05) is 61.5 Å². The van der Waals surface area contributed by atoms with Crippen molar-refractivity contribution in [1.82, 2.24) is 19.6 Å². The van der Waals surface area contributed by atoms with Crippen LogP contribution in [0.15, 0.2) is 83.5 Å². The van der Waals surface area contributed by atoms with Crippen LogP contribution in [0.3, 0.4) is 0 Å². The van der Waals surface area contributed by atoms with Gasteiger partial charge in [-0.15, -0.1) is 5.10 Å². The molecule has 8 nitrogen and oxygen atoms in total. The first-order valence-electron chi connectivity index (χ1n) is 10.0. The van der Waals surface area contributed by atoms with Crippen molar-refractivity contribution in [3.63, 3.8) is 0 Å². The number of ether oxygens (including phenoxy) is 1. The maximum Gasteiger partial charge on any atom is 0.264 e. The number of pyridine rings is 1. The molecule has 3 aromatic heterocycles. The largest absolute Gasteiger partial charge is 0.457 e. The highest BCUT2D eigenvalue weighted by Crippen LogP contribution is 2.22. The molecule has 0 spiro atoms. The zero-order chi connectivity index (χ0) is 21.9. The third-order valence-corrected chi connectivity index (χ3v) is 4.80. The number of fused-ring (bicyclic) bond motifs is 1. The number of rotatable bonds is 6. The van der Waals surface area contributed by atoms with Crippen LogP contribution in [0.5, 0.6) is 11.5 Å². The van der Waals surface area contributed by atoms with E-state index in [0.717, 1.165) is 22.9 Å². The van der Waals surface area contributed by atoms with Crippen LogP contribution in [0.25, 0.3) is 17.3 Å². The minimum absolute atomic E-state index is 0.136. The summed E-state index contributed by atoms with van der Waals surface area (Å²) in [4.78, 5) is 20.9. The summed E-state index contributed by atoms with van der Waals surface area (Å²) >= 11 is 0. The predicted octanol–water partition coefficient (Wildman–Crippen LogP) is 4.67. The van der Waals surface area contributed by atoms with Gasteiger partial charge in [0.25, 0.3) is 5.89 Å². The number of aryl methyl sites for hydroxylation is 1. The van der Waals surface area contributed by atoms with Gasteiger partial charge in [0.05, 0.1) is 24.5 Å². The highest BCUT2D eigenvalue weighted by molar-refractivity contribution is 5.92. The summed E-state index contributed by atoms with van der Waals surface area (Å²) in [6, 6.07) is 20.5. The molecule has 5 aromatic rings. The van der Waals surface area contributed by atoms with Crippen molar-refractivity contribution in [2.45, 2.75) is 13.3 Å². The molecule has 158 valence electrons. The number of hydrogen-bond donors (Lipinski definition) is 1. The van der Waals surface area contributed by atoms with Gasteiger partial charge in [0.15, 0.2) is 0 Å². The van der Waals surface area contributed by atoms with Gasteiger partial charge in [-0.2, -0.15) is 4.52 Å². The molecule has 8 heteroatoms. The Bertz CT molecular complexity index is 1360. The Morgan fingerprint density at radius 1 is 0.969 bits per heavy atom. The third-order valence-electron chi connectivity index (χ3n) is 4.80. The number of nitrogens with one attached hydrogen (secondary N) is 1. The molecule has 5 rings (SSSR count). The second kappa shape index (κ2) is 8.35. The van der Waals surface area contributed by atoms with Crippen LogP contribution >= 0.6 is 0 Å². The molecule has 0 saturated heterocycles.